The smallest absolute Gasteiger partial charge is 0.119 e. The second-order valence-electron chi connectivity index (χ2n) is 5.23. The molecule has 0 heterocycles. The summed E-state index contributed by atoms with van der Waals surface area (Å²) in [6.07, 6.45) is 0.682. The predicted octanol–water partition coefficient (Wildman–Crippen LogP) is 2.86. The van der Waals surface area contributed by atoms with Crippen molar-refractivity contribution in [2.45, 2.75) is 32.5 Å². The van der Waals surface area contributed by atoms with E-state index in [1.165, 1.54) is 11.1 Å². The van der Waals surface area contributed by atoms with Gasteiger partial charge < -0.3 is 14.9 Å². The molecule has 0 aromatic heterocycles. The first-order valence-electron chi connectivity index (χ1n) is 7.24. The zero-order valence-electron chi connectivity index (χ0n) is 12.3. The molecule has 2 N–H and O–H groups in total. The molecule has 2 aromatic rings. The van der Waals surface area contributed by atoms with Gasteiger partial charge in [-0.05, 0) is 48.6 Å². The Balaban J connectivity index is 1.86. The minimum atomic E-state index is -0.637. The van der Waals surface area contributed by atoms with Crippen LogP contribution >= 0.6 is 0 Å². The predicted molar refractivity (Wildman–Crippen MR) is 83.4 cm³/mol. The van der Waals surface area contributed by atoms with Gasteiger partial charge in [-0.3, -0.25) is 0 Å². The molecular formula is C18H22O3. The van der Waals surface area contributed by atoms with E-state index in [1.807, 2.05) is 36.4 Å². The van der Waals surface area contributed by atoms with E-state index in [-0.39, 0.29) is 6.61 Å². The van der Waals surface area contributed by atoms with Gasteiger partial charge in [0.05, 0.1) is 12.7 Å². The van der Waals surface area contributed by atoms with Crippen LogP contribution in [0, 0.1) is 6.92 Å². The molecule has 0 radical (unpaired) electrons. The Labute approximate surface area is 125 Å². The lowest BCUT2D eigenvalue weighted by Gasteiger charge is -2.10. The molecule has 0 spiro atoms. The number of hydrogen-bond acceptors (Lipinski definition) is 3. The third-order valence-electron chi connectivity index (χ3n) is 3.56. The summed E-state index contributed by atoms with van der Waals surface area (Å²) in [5.74, 6) is 0.838. The lowest BCUT2D eigenvalue weighted by Crippen LogP contribution is -2.12. The summed E-state index contributed by atoms with van der Waals surface area (Å²) in [6, 6.07) is 16.1. The van der Waals surface area contributed by atoms with Crippen molar-refractivity contribution < 1.29 is 14.9 Å². The van der Waals surface area contributed by atoms with Crippen molar-refractivity contribution in [2.75, 3.05) is 6.61 Å². The van der Waals surface area contributed by atoms with Crippen molar-refractivity contribution in [3.63, 3.8) is 0 Å². The highest BCUT2D eigenvalue weighted by molar-refractivity contribution is 5.29. The Morgan fingerprint density at radius 2 is 1.76 bits per heavy atom. The Bertz CT molecular complexity index is 549. The van der Waals surface area contributed by atoms with Crippen LogP contribution in [-0.4, -0.2) is 22.9 Å². The fraction of sp³-hybridized carbons (Fsp3) is 0.333. The van der Waals surface area contributed by atoms with Gasteiger partial charge in [0.15, 0.2) is 0 Å². The third-order valence-corrected chi connectivity index (χ3v) is 3.56. The van der Waals surface area contributed by atoms with Crippen LogP contribution in [0.5, 0.6) is 5.75 Å². The van der Waals surface area contributed by atoms with Gasteiger partial charge in [0.1, 0.15) is 12.4 Å². The van der Waals surface area contributed by atoms with Gasteiger partial charge in [0, 0.05) is 0 Å². The van der Waals surface area contributed by atoms with Crippen molar-refractivity contribution in [3.8, 4) is 5.75 Å². The Hall–Kier alpha value is -1.84. The van der Waals surface area contributed by atoms with Crippen molar-refractivity contribution >= 4 is 0 Å². The third kappa shape index (κ3) is 4.88. The van der Waals surface area contributed by atoms with Crippen LogP contribution in [-0.2, 0) is 13.0 Å². The fourth-order valence-corrected chi connectivity index (χ4v) is 2.11. The van der Waals surface area contributed by atoms with E-state index in [1.54, 1.807) is 0 Å². The van der Waals surface area contributed by atoms with Gasteiger partial charge in [0.25, 0.3) is 0 Å². The molecule has 0 aliphatic carbocycles. The molecule has 0 amide bonds. The molecule has 1 unspecified atom stereocenters. The average Bonchev–Trinajstić information content (AvgIpc) is 2.53. The van der Waals surface area contributed by atoms with Gasteiger partial charge in [0.2, 0.25) is 0 Å². The van der Waals surface area contributed by atoms with Crippen LogP contribution in [0.3, 0.4) is 0 Å². The molecule has 112 valence electrons. The summed E-state index contributed by atoms with van der Waals surface area (Å²) >= 11 is 0. The van der Waals surface area contributed by atoms with E-state index >= 15 is 0 Å². The highest BCUT2D eigenvalue weighted by Gasteiger charge is 2.03. The SMILES string of the molecule is Cc1ccccc1COc1ccc(CCC(O)CO)cc1. The maximum atomic E-state index is 9.34. The van der Waals surface area contributed by atoms with Crippen molar-refractivity contribution in [1.29, 1.82) is 0 Å². The molecule has 2 aromatic carbocycles. The van der Waals surface area contributed by atoms with Crippen LogP contribution in [0.1, 0.15) is 23.1 Å². The van der Waals surface area contributed by atoms with Crippen LogP contribution < -0.4 is 4.74 Å². The number of hydrogen-bond donors (Lipinski definition) is 2. The zero-order valence-corrected chi connectivity index (χ0v) is 12.3. The number of ether oxygens (including phenoxy) is 1. The zero-order chi connectivity index (χ0) is 15.1. The summed E-state index contributed by atoms with van der Waals surface area (Å²) in [6.45, 7) is 2.46. The van der Waals surface area contributed by atoms with E-state index in [9.17, 15) is 5.11 Å². The van der Waals surface area contributed by atoms with E-state index in [0.717, 1.165) is 17.7 Å². The van der Waals surface area contributed by atoms with E-state index in [0.29, 0.717) is 13.0 Å². The number of aryl methyl sites for hydroxylation is 2. The molecule has 1 atom stereocenters. The molecular weight excluding hydrogens is 264 g/mol. The number of benzene rings is 2. The van der Waals surface area contributed by atoms with Crippen molar-refractivity contribution in [1.82, 2.24) is 0 Å². The molecule has 3 nitrogen and oxygen atoms in total. The minimum Gasteiger partial charge on any atom is -0.489 e. The van der Waals surface area contributed by atoms with Crippen LogP contribution in [0.15, 0.2) is 48.5 Å². The largest absolute Gasteiger partial charge is 0.489 e. The Morgan fingerprint density at radius 3 is 2.43 bits per heavy atom. The van der Waals surface area contributed by atoms with E-state index < -0.39 is 6.10 Å². The first-order valence-corrected chi connectivity index (χ1v) is 7.24. The maximum absolute atomic E-state index is 9.34. The fourth-order valence-electron chi connectivity index (χ4n) is 2.11. The van der Waals surface area contributed by atoms with Crippen LogP contribution in [0.2, 0.25) is 0 Å². The van der Waals surface area contributed by atoms with Crippen molar-refractivity contribution in [2.24, 2.45) is 0 Å². The van der Waals surface area contributed by atoms with E-state index in [4.69, 9.17) is 9.84 Å². The summed E-state index contributed by atoms with van der Waals surface area (Å²) < 4.78 is 5.79. The van der Waals surface area contributed by atoms with Gasteiger partial charge in [-0.25, -0.2) is 0 Å². The normalized spacial score (nSPS) is 12.1. The van der Waals surface area contributed by atoms with Gasteiger partial charge >= 0.3 is 0 Å². The monoisotopic (exact) mass is 286 g/mol. The number of aliphatic hydroxyl groups excluding tert-OH is 2. The average molecular weight is 286 g/mol. The summed E-state index contributed by atoms with van der Waals surface area (Å²) in [4.78, 5) is 0. The molecule has 2 rings (SSSR count). The quantitative estimate of drug-likeness (QED) is 0.823. The first kappa shape index (κ1) is 15.5. The molecule has 21 heavy (non-hydrogen) atoms. The summed E-state index contributed by atoms with van der Waals surface area (Å²) in [7, 11) is 0. The molecule has 0 aliphatic heterocycles. The molecule has 0 bridgehead atoms. The minimum absolute atomic E-state index is 0.183. The highest BCUT2D eigenvalue weighted by atomic mass is 16.5. The molecule has 3 heteroatoms. The second kappa shape index (κ2) is 7.81. The van der Waals surface area contributed by atoms with Gasteiger partial charge in [-0.15, -0.1) is 0 Å². The lowest BCUT2D eigenvalue weighted by molar-refractivity contribution is 0.0886. The van der Waals surface area contributed by atoms with Crippen LogP contribution in [0.4, 0.5) is 0 Å². The molecule has 0 saturated heterocycles. The molecule has 0 saturated carbocycles. The Kier molecular flexibility index (Phi) is 5.78. The second-order valence-corrected chi connectivity index (χ2v) is 5.23. The van der Waals surface area contributed by atoms with Gasteiger partial charge in [-0.2, -0.15) is 0 Å². The standard InChI is InChI=1S/C18H22O3/c1-14-4-2-3-5-16(14)13-21-18-10-7-15(8-11-18)6-9-17(20)12-19/h2-5,7-8,10-11,17,19-20H,6,9,12-13H2,1H3. The first-order chi connectivity index (χ1) is 10.2. The highest BCUT2D eigenvalue weighted by Crippen LogP contribution is 2.16. The van der Waals surface area contributed by atoms with Crippen molar-refractivity contribution in [3.05, 3.63) is 65.2 Å². The van der Waals surface area contributed by atoms with Gasteiger partial charge in [-0.1, -0.05) is 36.4 Å². The summed E-state index contributed by atoms with van der Waals surface area (Å²) in [5, 5.41) is 18.1. The topological polar surface area (TPSA) is 49.7 Å². The Morgan fingerprint density at radius 1 is 1.05 bits per heavy atom. The number of rotatable bonds is 7. The molecule has 0 fully saturated rings. The number of aliphatic hydroxyl groups is 2. The summed E-state index contributed by atoms with van der Waals surface area (Å²) in [5.41, 5.74) is 3.55. The molecule has 0 aliphatic rings. The van der Waals surface area contributed by atoms with E-state index in [2.05, 4.69) is 19.1 Å². The maximum Gasteiger partial charge on any atom is 0.119 e. The van der Waals surface area contributed by atoms with Crippen LogP contribution in [0.25, 0.3) is 0 Å². The lowest BCUT2D eigenvalue weighted by atomic mass is 10.1.